The third-order valence-electron chi connectivity index (χ3n) is 3.54. The third-order valence-corrected chi connectivity index (χ3v) is 3.54. The molecule has 1 amide bonds. The quantitative estimate of drug-likeness (QED) is 0.772. The van der Waals surface area contributed by atoms with E-state index in [1.165, 1.54) is 0 Å². The van der Waals surface area contributed by atoms with E-state index in [0.717, 1.165) is 32.2 Å². The fourth-order valence-corrected chi connectivity index (χ4v) is 2.34. The van der Waals surface area contributed by atoms with Crippen molar-refractivity contribution in [2.75, 3.05) is 13.6 Å². The number of nitrogens with two attached hydrogens (primary N) is 1. The number of amides is 1. The lowest BCUT2D eigenvalue weighted by atomic mass is 9.79. The fraction of sp³-hybridized carbons (Fsp3) is 0.917. The van der Waals surface area contributed by atoms with Gasteiger partial charge in [0.25, 0.3) is 0 Å². The van der Waals surface area contributed by atoms with Crippen LogP contribution < -0.4 is 5.73 Å². The summed E-state index contributed by atoms with van der Waals surface area (Å²) >= 11 is 0. The maximum atomic E-state index is 12.0. The third kappa shape index (κ3) is 3.20. The van der Waals surface area contributed by atoms with Crippen molar-refractivity contribution in [2.24, 2.45) is 17.6 Å². The number of carbonyl (C=O) groups excluding carboxylic acids is 1. The summed E-state index contributed by atoms with van der Waals surface area (Å²) in [7, 11) is 1.90. The second kappa shape index (κ2) is 5.50. The molecule has 1 aliphatic rings. The SMILES string of the molecule is CCCN(C)C(=O)C1CCC(C)C(N)C1. The van der Waals surface area contributed by atoms with E-state index in [9.17, 15) is 4.79 Å². The van der Waals surface area contributed by atoms with Gasteiger partial charge in [0.1, 0.15) is 0 Å². The lowest BCUT2D eigenvalue weighted by Crippen LogP contribution is -2.42. The average Bonchev–Trinajstić information content (AvgIpc) is 2.21. The van der Waals surface area contributed by atoms with E-state index >= 15 is 0 Å². The summed E-state index contributed by atoms with van der Waals surface area (Å²) in [6, 6.07) is 0.211. The molecule has 0 radical (unpaired) electrons. The van der Waals surface area contributed by atoms with E-state index in [2.05, 4.69) is 13.8 Å². The molecule has 1 rings (SSSR count). The molecule has 3 heteroatoms. The van der Waals surface area contributed by atoms with Crippen molar-refractivity contribution >= 4 is 5.91 Å². The maximum Gasteiger partial charge on any atom is 0.225 e. The first-order valence-electron chi connectivity index (χ1n) is 6.06. The summed E-state index contributed by atoms with van der Waals surface area (Å²) in [5.74, 6) is 1.04. The smallest absolute Gasteiger partial charge is 0.225 e. The highest BCUT2D eigenvalue weighted by Crippen LogP contribution is 2.28. The van der Waals surface area contributed by atoms with Crippen LogP contribution in [0.4, 0.5) is 0 Å². The minimum Gasteiger partial charge on any atom is -0.346 e. The normalized spacial score (nSPS) is 31.3. The molecule has 2 N–H and O–H groups in total. The van der Waals surface area contributed by atoms with Crippen LogP contribution in [0.15, 0.2) is 0 Å². The molecule has 3 atom stereocenters. The number of nitrogens with zero attached hydrogens (tertiary/aromatic N) is 1. The Morgan fingerprint density at radius 3 is 2.67 bits per heavy atom. The number of hydrogen-bond donors (Lipinski definition) is 1. The van der Waals surface area contributed by atoms with Crippen molar-refractivity contribution in [1.29, 1.82) is 0 Å². The summed E-state index contributed by atoms with van der Waals surface area (Å²) in [4.78, 5) is 13.9. The molecule has 15 heavy (non-hydrogen) atoms. The highest BCUT2D eigenvalue weighted by molar-refractivity contribution is 5.78. The minimum absolute atomic E-state index is 0.174. The Hall–Kier alpha value is -0.570. The topological polar surface area (TPSA) is 46.3 Å². The first-order valence-corrected chi connectivity index (χ1v) is 6.06. The predicted octanol–water partition coefficient (Wildman–Crippen LogP) is 1.62. The molecule has 1 aliphatic carbocycles. The summed E-state index contributed by atoms with van der Waals surface area (Å²) < 4.78 is 0. The van der Waals surface area contributed by atoms with Gasteiger partial charge in [-0.05, 0) is 31.6 Å². The van der Waals surface area contributed by atoms with Crippen LogP contribution in [0.3, 0.4) is 0 Å². The van der Waals surface area contributed by atoms with Crippen LogP contribution in [0, 0.1) is 11.8 Å². The Morgan fingerprint density at radius 1 is 1.47 bits per heavy atom. The molecular weight excluding hydrogens is 188 g/mol. The van der Waals surface area contributed by atoms with Crippen LogP contribution >= 0.6 is 0 Å². The summed E-state index contributed by atoms with van der Waals surface area (Å²) in [5.41, 5.74) is 6.01. The summed E-state index contributed by atoms with van der Waals surface area (Å²) in [6.45, 7) is 5.14. The second-order valence-electron chi connectivity index (χ2n) is 4.91. The molecule has 0 saturated heterocycles. The van der Waals surface area contributed by atoms with Crippen LogP contribution in [-0.4, -0.2) is 30.4 Å². The molecule has 0 aliphatic heterocycles. The monoisotopic (exact) mass is 212 g/mol. The van der Waals surface area contributed by atoms with Crippen molar-refractivity contribution in [3.63, 3.8) is 0 Å². The highest BCUT2D eigenvalue weighted by atomic mass is 16.2. The largest absolute Gasteiger partial charge is 0.346 e. The van der Waals surface area contributed by atoms with Gasteiger partial charge in [0, 0.05) is 25.6 Å². The van der Waals surface area contributed by atoms with Gasteiger partial charge in [-0.15, -0.1) is 0 Å². The Balaban J connectivity index is 2.47. The minimum atomic E-state index is 0.174. The lowest BCUT2D eigenvalue weighted by molar-refractivity contribution is -0.135. The molecule has 0 aromatic rings. The van der Waals surface area contributed by atoms with Gasteiger partial charge in [-0.2, -0.15) is 0 Å². The number of rotatable bonds is 3. The molecule has 0 bridgehead atoms. The van der Waals surface area contributed by atoms with Gasteiger partial charge in [-0.3, -0.25) is 4.79 Å². The predicted molar refractivity (Wildman–Crippen MR) is 62.4 cm³/mol. The van der Waals surface area contributed by atoms with Crippen LogP contribution in [-0.2, 0) is 4.79 Å². The number of carbonyl (C=O) groups is 1. The molecule has 1 fully saturated rings. The van der Waals surface area contributed by atoms with Gasteiger partial charge in [-0.25, -0.2) is 0 Å². The Morgan fingerprint density at radius 2 is 2.13 bits per heavy atom. The molecule has 1 saturated carbocycles. The molecule has 0 spiro atoms. The first-order chi connectivity index (χ1) is 7.06. The van der Waals surface area contributed by atoms with Crippen molar-refractivity contribution in [1.82, 2.24) is 4.90 Å². The second-order valence-corrected chi connectivity index (χ2v) is 4.91. The first kappa shape index (κ1) is 12.5. The van der Waals surface area contributed by atoms with E-state index in [1.807, 2.05) is 11.9 Å². The van der Waals surface area contributed by atoms with Crippen molar-refractivity contribution < 1.29 is 4.79 Å². The van der Waals surface area contributed by atoms with E-state index in [4.69, 9.17) is 5.73 Å². The van der Waals surface area contributed by atoms with Gasteiger partial charge in [-0.1, -0.05) is 13.8 Å². The standard InChI is InChI=1S/C12H24N2O/c1-4-7-14(3)12(15)10-6-5-9(2)11(13)8-10/h9-11H,4-8,13H2,1-3H3. The summed E-state index contributed by atoms with van der Waals surface area (Å²) in [5, 5.41) is 0. The zero-order valence-corrected chi connectivity index (χ0v) is 10.2. The van der Waals surface area contributed by atoms with Crippen LogP contribution in [0.1, 0.15) is 39.5 Å². The zero-order chi connectivity index (χ0) is 11.4. The Kier molecular flexibility index (Phi) is 4.58. The molecule has 0 aromatic heterocycles. The Bertz CT molecular complexity index is 218. The zero-order valence-electron chi connectivity index (χ0n) is 10.2. The molecule has 0 heterocycles. The average molecular weight is 212 g/mol. The molecule has 88 valence electrons. The number of hydrogen-bond acceptors (Lipinski definition) is 2. The summed E-state index contributed by atoms with van der Waals surface area (Å²) in [6.07, 6.45) is 4.00. The molecular formula is C12H24N2O. The van der Waals surface area contributed by atoms with E-state index in [0.29, 0.717) is 11.8 Å². The molecule has 3 unspecified atom stereocenters. The van der Waals surface area contributed by atoms with E-state index in [1.54, 1.807) is 0 Å². The van der Waals surface area contributed by atoms with Crippen LogP contribution in [0.5, 0.6) is 0 Å². The van der Waals surface area contributed by atoms with Crippen molar-refractivity contribution in [2.45, 2.75) is 45.6 Å². The van der Waals surface area contributed by atoms with E-state index < -0.39 is 0 Å². The van der Waals surface area contributed by atoms with Gasteiger partial charge in [0.2, 0.25) is 5.91 Å². The van der Waals surface area contributed by atoms with Crippen LogP contribution in [0.25, 0.3) is 0 Å². The van der Waals surface area contributed by atoms with Gasteiger partial charge in [0.15, 0.2) is 0 Å². The molecule has 0 aromatic carbocycles. The van der Waals surface area contributed by atoms with E-state index in [-0.39, 0.29) is 12.0 Å². The maximum absolute atomic E-state index is 12.0. The molecule has 3 nitrogen and oxygen atoms in total. The Labute approximate surface area is 93.0 Å². The fourth-order valence-electron chi connectivity index (χ4n) is 2.34. The van der Waals surface area contributed by atoms with Gasteiger partial charge < -0.3 is 10.6 Å². The lowest BCUT2D eigenvalue weighted by Gasteiger charge is -2.33. The van der Waals surface area contributed by atoms with Gasteiger partial charge >= 0.3 is 0 Å². The van der Waals surface area contributed by atoms with Crippen molar-refractivity contribution in [3.8, 4) is 0 Å². The van der Waals surface area contributed by atoms with Gasteiger partial charge in [0.05, 0.1) is 0 Å². The van der Waals surface area contributed by atoms with Crippen molar-refractivity contribution in [3.05, 3.63) is 0 Å². The highest BCUT2D eigenvalue weighted by Gasteiger charge is 2.30. The van der Waals surface area contributed by atoms with Crippen LogP contribution in [0.2, 0.25) is 0 Å².